The number of nitrogens with one attached hydrogen (secondary N) is 2. The summed E-state index contributed by atoms with van der Waals surface area (Å²) in [6.07, 6.45) is 1.89. The van der Waals surface area contributed by atoms with Crippen LogP contribution < -0.4 is 15.4 Å². The summed E-state index contributed by atoms with van der Waals surface area (Å²) in [5.74, 6) is 0.411. The summed E-state index contributed by atoms with van der Waals surface area (Å²) in [4.78, 5) is 23.4. The van der Waals surface area contributed by atoms with Gasteiger partial charge in [-0.15, -0.1) is 6.58 Å². The van der Waals surface area contributed by atoms with Crippen LogP contribution in [-0.2, 0) is 10.3 Å². The fourth-order valence-electron chi connectivity index (χ4n) is 2.97. The molecular weight excluding hydrogens is 322 g/mol. The van der Waals surface area contributed by atoms with Crippen molar-refractivity contribution >= 4 is 23.0 Å². The molecule has 0 aliphatic carbocycles. The predicted octanol–water partition coefficient (Wildman–Crippen LogP) is 3.44. The summed E-state index contributed by atoms with van der Waals surface area (Å²) in [7, 11) is 1.57. The van der Waals surface area contributed by atoms with Crippen molar-refractivity contribution in [3.63, 3.8) is 0 Å². The highest BCUT2D eigenvalue weighted by Gasteiger charge is 2.46. The van der Waals surface area contributed by atoms with Crippen LogP contribution in [0.25, 0.3) is 0 Å². The van der Waals surface area contributed by atoms with E-state index in [4.69, 9.17) is 4.74 Å². The fraction of sp³-hybridized carbons (Fsp3) is 0.167. The van der Waals surface area contributed by atoms with Crippen molar-refractivity contribution in [3.8, 4) is 5.75 Å². The Kier molecular flexibility index (Phi) is 4.14. The molecule has 0 fully saturated rings. The minimum absolute atomic E-state index is 0.0692. The van der Waals surface area contributed by atoms with Crippen molar-refractivity contribution < 1.29 is 14.5 Å². The Balaban J connectivity index is 2.07. The summed E-state index contributed by atoms with van der Waals surface area (Å²) in [6.45, 7) is 3.73. The average molecular weight is 339 g/mol. The number of ether oxygens (including phenoxy) is 1. The third kappa shape index (κ3) is 2.80. The molecular formula is C18H17N3O4. The molecule has 1 atom stereocenters. The summed E-state index contributed by atoms with van der Waals surface area (Å²) in [5.41, 5.74) is 0.552. The largest absolute Gasteiger partial charge is 0.497 e. The second-order valence-electron chi connectivity index (χ2n) is 5.69. The van der Waals surface area contributed by atoms with Gasteiger partial charge < -0.3 is 15.4 Å². The maximum atomic E-state index is 12.7. The zero-order chi connectivity index (χ0) is 18.0. The van der Waals surface area contributed by atoms with E-state index in [0.29, 0.717) is 22.7 Å². The van der Waals surface area contributed by atoms with E-state index < -0.39 is 10.5 Å². The van der Waals surface area contributed by atoms with Crippen molar-refractivity contribution in [1.82, 2.24) is 0 Å². The average Bonchev–Trinajstić information content (AvgIpc) is 2.87. The van der Waals surface area contributed by atoms with E-state index in [0.717, 1.165) is 0 Å². The smallest absolute Gasteiger partial charge is 0.269 e. The maximum Gasteiger partial charge on any atom is 0.269 e. The number of nitro benzene ring substituents is 1. The lowest BCUT2D eigenvalue weighted by molar-refractivity contribution is -0.384. The number of anilines is 2. The molecule has 0 radical (unpaired) electrons. The van der Waals surface area contributed by atoms with E-state index in [1.54, 1.807) is 43.5 Å². The Morgan fingerprint density at radius 3 is 2.64 bits per heavy atom. The molecule has 1 unspecified atom stereocenters. The van der Waals surface area contributed by atoms with Crippen molar-refractivity contribution in [1.29, 1.82) is 0 Å². The number of carbonyl (C=O) groups is 1. The SMILES string of the molecule is C=CCC1(Nc2ccc(OC)cc2)C(=O)Nc2ccc([N+](=O)[O-])cc21. The van der Waals surface area contributed by atoms with Crippen molar-refractivity contribution in [2.75, 3.05) is 17.7 Å². The zero-order valence-electron chi connectivity index (χ0n) is 13.6. The highest BCUT2D eigenvalue weighted by atomic mass is 16.6. The first-order valence-electron chi connectivity index (χ1n) is 7.63. The van der Waals surface area contributed by atoms with E-state index in [2.05, 4.69) is 17.2 Å². The highest BCUT2D eigenvalue weighted by molar-refractivity contribution is 6.08. The second kappa shape index (κ2) is 6.27. The van der Waals surface area contributed by atoms with Crippen LogP contribution in [0.2, 0.25) is 0 Å². The van der Waals surface area contributed by atoms with Crippen LogP contribution in [0.15, 0.2) is 55.1 Å². The Bertz CT molecular complexity index is 848. The normalized spacial score (nSPS) is 18.2. The number of fused-ring (bicyclic) bond motifs is 1. The van der Waals surface area contributed by atoms with Crippen molar-refractivity contribution in [2.45, 2.75) is 12.0 Å². The first-order chi connectivity index (χ1) is 12.0. The number of benzene rings is 2. The maximum absolute atomic E-state index is 12.7. The molecule has 3 rings (SSSR count). The summed E-state index contributed by atoms with van der Waals surface area (Å²) in [6, 6.07) is 11.4. The molecule has 0 aromatic heterocycles. The number of amides is 1. The third-order valence-corrected chi connectivity index (χ3v) is 4.21. The molecule has 0 saturated heterocycles. The fourth-order valence-corrected chi connectivity index (χ4v) is 2.97. The number of nitro groups is 1. The standard InChI is InChI=1S/C18H17N3O4/c1-3-10-18(20-12-4-7-14(25-2)8-5-12)15-11-13(21(23)24)6-9-16(15)19-17(18)22/h3-9,11,20H,1,10H2,2H3,(H,19,22). The lowest BCUT2D eigenvalue weighted by atomic mass is 9.87. The minimum atomic E-state index is -1.16. The molecule has 2 aromatic rings. The van der Waals surface area contributed by atoms with Gasteiger partial charge in [-0.05, 0) is 30.3 Å². The van der Waals surface area contributed by atoms with Crippen molar-refractivity contribution in [3.05, 3.63) is 70.8 Å². The number of methoxy groups -OCH3 is 1. The lowest BCUT2D eigenvalue weighted by Gasteiger charge is -2.28. The van der Waals surface area contributed by atoms with Gasteiger partial charge in [0.1, 0.15) is 11.3 Å². The highest BCUT2D eigenvalue weighted by Crippen LogP contribution is 2.42. The molecule has 128 valence electrons. The van der Waals surface area contributed by atoms with Gasteiger partial charge in [-0.2, -0.15) is 0 Å². The first kappa shape index (κ1) is 16.5. The predicted molar refractivity (Wildman–Crippen MR) is 94.8 cm³/mol. The van der Waals surface area contributed by atoms with E-state index in [-0.39, 0.29) is 18.0 Å². The molecule has 2 N–H and O–H groups in total. The second-order valence-corrected chi connectivity index (χ2v) is 5.69. The summed E-state index contributed by atoms with van der Waals surface area (Å²) < 4.78 is 5.13. The molecule has 1 heterocycles. The van der Waals surface area contributed by atoms with Gasteiger partial charge >= 0.3 is 0 Å². The van der Waals surface area contributed by atoms with E-state index in [1.165, 1.54) is 12.1 Å². The number of hydrogen-bond donors (Lipinski definition) is 2. The van der Waals surface area contributed by atoms with Crippen LogP contribution in [0.1, 0.15) is 12.0 Å². The Morgan fingerprint density at radius 1 is 1.32 bits per heavy atom. The Hall–Kier alpha value is -3.35. The molecule has 0 spiro atoms. The molecule has 7 nitrogen and oxygen atoms in total. The van der Waals surface area contributed by atoms with Gasteiger partial charge in [0.05, 0.1) is 12.0 Å². The molecule has 2 aromatic carbocycles. The molecule has 0 bridgehead atoms. The first-order valence-corrected chi connectivity index (χ1v) is 7.63. The van der Waals surface area contributed by atoms with Gasteiger partial charge in [-0.1, -0.05) is 6.08 Å². The van der Waals surface area contributed by atoms with Crippen LogP contribution in [0.3, 0.4) is 0 Å². The van der Waals surface area contributed by atoms with Gasteiger partial charge in [0.15, 0.2) is 0 Å². The van der Waals surface area contributed by atoms with Gasteiger partial charge in [-0.3, -0.25) is 14.9 Å². The Morgan fingerprint density at radius 2 is 2.04 bits per heavy atom. The van der Waals surface area contributed by atoms with Crippen LogP contribution in [0.4, 0.5) is 17.1 Å². The zero-order valence-corrected chi connectivity index (χ0v) is 13.6. The number of hydrogen-bond acceptors (Lipinski definition) is 5. The van der Waals surface area contributed by atoms with E-state index >= 15 is 0 Å². The molecule has 1 aliphatic rings. The summed E-state index contributed by atoms with van der Waals surface area (Å²) >= 11 is 0. The lowest BCUT2D eigenvalue weighted by Crippen LogP contribution is -2.41. The van der Waals surface area contributed by atoms with Crippen molar-refractivity contribution in [2.24, 2.45) is 0 Å². The number of rotatable bonds is 6. The molecule has 1 aliphatic heterocycles. The van der Waals surface area contributed by atoms with Crippen LogP contribution in [-0.4, -0.2) is 17.9 Å². The van der Waals surface area contributed by atoms with E-state index in [9.17, 15) is 14.9 Å². The molecule has 25 heavy (non-hydrogen) atoms. The van der Waals surface area contributed by atoms with Gasteiger partial charge in [0.25, 0.3) is 11.6 Å². The van der Waals surface area contributed by atoms with Crippen LogP contribution in [0.5, 0.6) is 5.75 Å². The minimum Gasteiger partial charge on any atom is -0.497 e. The molecule has 7 heteroatoms. The van der Waals surface area contributed by atoms with E-state index in [1.807, 2.05) is 0 Å². The topological polar surface area (TPSA) is 93.5 Å². The monoisotopic (exact) mass is 339 g/mol. The van der Waals surface area contributed by atoms with Gasteiger partial charge in [0.2, 0.25) is 0 Å². The number of nitrogens with zero attached hydrogens (tertiary/aromatic N) is 1. The number of non-ortho nitro benzene ring substituents is 1. The van der Waals surface area contributed by atoms with Gasteiger partial charge in [-0.25, -0.2) is 0 Å². The Labute approximate surface area is 144 Å². The van der Waals surface area contributed by atoms with Crippen LogP contribution in [0, 0.1) is 10.1 Å². The summed E-state index contributed by atoms with van der Waals surface area (Å²) in [5, 5.41) is 17.1. The molecule has 1 amide bonds. The molecule has 0 saturated carbocycles. The quantitative estimate of drug-likeness (QED) is 0.478. The van der Waals surface area contributed by atoms with Crippen LogP contribution >= 0.6 is 0 Å². The number of carbonyl (C=O) groups excluding carboxylic acids is 1. The third-order valence-electron chi connectivity index (χ3n) is 4.21. The van der Waals surface area contributed by atoms with Gasteiger partial charge in [0, 0.05) is 35.5 Å².